The molecule has 3 rings (SSSR count). The molecule has 0 saturated carbocycles. The third kappa shape index (κ3) is 4.79. The monoisotopic (exact) mass is 410 g/mol. The maximum atomic E-state index is 12.5. The van der Waals surface area contributed by atoms with E-state index in [-0.39, 0.29) is 5.91 Å². The lowest BCUT2D eigenvalue weighted by Crippen LogP contribution is -2.30. The molecule has 1 saturated heterocycles. The molecule has 0 bridgehead atoms. The number of rotatable bonds is 3. The van der Waals surface area contributed by atoms with Crippen molar-refractivity contribution in [3.05, 3.63) is 69.2 Å². The zero-order chi connectivity index (χ0) is 17.8. The summed E-state index contributed by atoms with van der Waals surface area (Å²) in [4.78, 5) is 18.7. The molecular formula is C18H13Cl3N2OS. The van der Waals surface area contributed by atoms with E-state index in [1.54, 1.807) is 47.4 Å². The number of amidine groups is 1. The second kappa shape index (κ2) is 8.28. The molecule has 1 heterocycles. The van der Waals surface area contributed by atoms with Crippen molar-refractivity contribution in [1.29, 1.82) is 0 Å². The molecule has 0 atom stereocenters. The Morgan fingerprint density at radius 3 is 2.56 bits per heavy atom. The van der Waals surface area contributed by atoms with E-state index in [9.17, 15) is 4.79 Å². The van der Waals surface area contributed by atoms with Crippen LogP contribution in [0.4, 0.5) is 5.69 Å². The lowest BCUT2D eigenvalue weighted by Gasteiger charge is -2.13. The fraction of sp³-hybridized carbons (Fsp3) is 0.111. The highest BCUT2D eigenvalue weighted by Crippen LogP contribution is 2.29. The molecule has 1 aliphatic rings. The molecule has 25 heavy (non-hydrogen) atoms. The molecule has 0 N–H and O–H groups in total. The van der Waals surface area contributed by atoms with Gasteiger partial charge in [-0.2, -0.15) is 0 Å². The number of nitrogens with zero attached hydrogens (tertiary/aromatic N) is 2. The number of carbonyl (C=O) groups excluding carboxylic acids is 1. The average molecular weight is 412 g/mol. The number of amides is 1. The number of hydrogen-bond acceptors (Lipinski definition) is 3. The highest BCUT2D eigenvalue weighted by molar-refractivity contribution is 8.14. The number of aliphatic imine (C=N–C) groups is 1. The molecule has 2 aromatic carbocycles. The predicted octanol–water partition coefficient (Wildman–Crippen LogP) is 5.92. The molecule has 2 aromatic rings. The van der Waals surface area contributed by atoms with Gasteiger partial charge in [-0.25, -0.2) is 4.99 Å². The minimum absolute atomic E-state index is 0.112. The van der Waals surface area contributed by atoms with E-state index in [2.05, 4.69) is 4.99 Å². The number of halogens is 3. The van der Waals surface area contributed by atoms with Gasteiger partial charge in [-0.3, -0.25) is 9.69 Å². The summed E-state index contributed by atoms with van der Waals surface area (Å²) in [5.41, 5.74) is 1.57. The van der Waals surface area contributed by atoms with Crippen LogP contribution in [0.3, 0.4) is 0 Å². The van der Waals surface area contributed by atoms with E-state index in [1.807, 2.05) is 12.1 Å². The van der Waals surface area contributed by atoms with Gasteiger partial charge in [-0.05, 0) is 42.0 Å². The van der Waals surface area contributed by atoms with Crippen molar-refractivity contribution in [3.8, 4) is 0 Å². The largest absolute Gasteiger partial charge is 0.287 e. The quantitative estimate of drug-likeness (QED) is 0.587. The summed E-state index contributed by atoms with van der Waals surface area (Å²) in [6.45, 7) is 0.620. The Balaban J connectivity index is 1.76. The van der Waals surface area contributed by atoms with Crippen molar-refractivity contribution in [2.75, 3.05) is 12.3 Å². The summed E-state index contributed by atoms with van der Waals surface area (Å²) >= 11 is 19.3. The molecule has 1 amide bonds. The molecule has 128 valence electrons. The molecule has 0 aliphatic carbocycles. The van der Waals surface area contributed by atoms with Crippen LogP contribution in [-0.4, -0.2) is 28.3 Å². The van der Waals surface area contributed by atoms with Crippen molar-refractivity contribution in [1.82, 2.24) is 4.90 Å². The predicted molar refractivity (Wildman–Crippen MR) is 108 cm³/mol. The molecule has 0 unspecified atom stereocenters. The second-order valence-electron chi connectivity index (χ2n) is 5.22. The Kier molecular flexibility index (Phi) is 6.07. The third-order valence-corrected chi connectivity index (χ3v) is 5.41. The van der Waals surface area contributed by atoms with Crippen molar-refractivity contribution in [3.63, 3.8) is 0 Å². The number of hydrogen-bond donors (Lipinski definition) is 0. The van der Waals surface area contributed by atoms with Gasteiger partial charge in [0.15, 0.2) is 5.17 Å². The molecule has 0 radical (unpaired) electrons. The van der Waals surface area contributed by atoms with Gasteiger partial charge in [0.2, 0.25) is 0 Å². The van der Waals surface area contributed by atoms with Crippen LogP contribution in [0.1, 0.15) is 5.56 Å². The summed E-state index contributed by atoms with van der Waals surface area (Å²) in [5.74, 6) is 0.694. The topological polar surface area (TPSA) is 32.7 Å². The van der Waals surface area contributed by atoms with Gasteiger partial charge < -0.3 is 0 Å². The first-order chi connectivity index (χ1) is 12.0. The fourth-order valence-corrected chi connectivity index (χ4v) is 3.58. The number of thioether (sulfide) groups is 1. The van der Waals surface area contributed by atoms with Crippen LogP contribution in [0.15, 0.2) is 53.5 Å². The summed E-state index contributed by atoms with van der Waals surface area (Å²) in [7, 11) is 0. The molecule has 1 aliphatic heterocycles. The summed E-state index contributed by atoms with van der Waals surface area (Å²) < 4.78 is 0. The Hall–Kier alpha value is -1.46. The summed E-state index contributed by atoms with van der Waals surface area (Å²) in [6.07, 6.45) is 3.30. The smallest absolute Gasteiger partial charge is 0.252 e. The minimum Gasteiger partial charge on any atom is -0.287 e. The van der Waals surface area contributed by atoms with Crippen LogP contribution < -0.4 is 0 Å². The van der Waals surface area contributed by atoms with E-state index in [0.717, 1.165) is 11.3 Å². The third-order valence-electron chi connectivity index (χ3n) is 3.46. The van der Waals surface area contributed by atoms with Crippen LogP contribution >= 0.6 is 46.6 Å². The Morgan fingerprint density at radius 2 is 1.84 bits per heavy atom. The van der Waals surface area contributed by atoms with Crippen molar-refractivity contribution in [2.24, 2.45) is 4.99 Å². The van der Waals surface area contributed by atoms with Crippen LogP contribution in [-0.2, 0) is 4.79 Å². The Bertz CT molecular complexity index is 850. The molecule has 0 aromatic heterocycles. The van der Waals surface area contributed by atoms with E-state index >= 15 is 0 Å². The van der Waals surface area contributed by atoms with Crippen molar-refractivity contribution >= 4 is 69.4 Å². The normalized spacial score (nSPS) is 16.1. The first-order valence-corrected chi connectivity index (χ1v) is 9.56. The van der Waals surface area contributed by atoms with Gasteiger partial charge >= 0.3 is 0 Å². The highest BCUT2D eigenvalue weighted by Gasteiger charge is 2.24. The zero-order valence-corrected chi connectivity index (χ0v) is 16.0. The molecule has 3 nitrogen and oxygen atoms in total. The average Bonchev–Trinajstić information content (AvgIpc) is 3.05. The van der Waals surface area contributed by atoms with Gasteiger partial charge in [-0.1, -0.05) is 58.7 Å². The fourth-order valence-electron chi connectivity index (χ4n) is 2.20. The van der Waals surface area contributed by atoms with E-state index in [1.165, 1.54) is 11.8 Å². The van der Waals surface area contributed by atoms with Gasteiger partial charge in [0.05, 0.1) is 15.7 Å². The van der Waals surface area contributed by atoms with E-state index in [4.69, 9.17) is 34.8 Å². The van der Waals surface area contributed by atoms with Crippen molar-refractivity contribution < 1.29 is 4.79 Å². The van der Waals surface area contributed by atoms with Gasteiger partial charge in [-0.15, -0.1) is 0 Å². The van der Waals surface area contributed by atoms with E-state index in [0.29, 0.717) is 32.5 Å². The van der Waals surface area contributed by atoms with Crippen LogP contribution in [0.2, 0.25) is 15.1 Å². The maximum absolute atomic E-state index is 12.5. The molecule has 7 heteroatoms. The van der Waals surface area contributed by atoms with Gasteiger partial charge in [0.1, 0.15) is 0 Å². The Morgan fingerprint density at radius 1 is 1.08 bits per heavy atom. The second-order valence-corrected chi connectivity index (χ2v) is 7.53. The highest BCUT2D eigenvalue weighted by atomic mass is 35.5. The Labute approximate surface area is 165 Å². The minimum atomic E-state index is -0.112. The van der Waals surface area contributed by atoms with Crippen LogP contribution in [0.5, 0.6) is 0 Å². The summed E-state index contributed by atoms with van der Waals surface area (Å²) in [5, 5.41) is 2.23. The first kappa shape index (κ1) is 18.3. The van der Waals surface area contributed by atoms with Gasteiger partial charge in [0, 0.05) is 23.4 Å². The van der Waals surface area contributed by atoms with Gasteiger partial charge in [0.25, 0.3) is 5.91 Å². The van der Waals surface area contributed by atoms with E-state index < -0.39 is 0 Å². The lowest BCUT2D eigenvalue weighted by molar-refractivity contribution is -0.121. The standard InChI is InChI=1S/C18H13Cl3N2OS/c19-13-4-1-12(2-5-13)3-8-17(24)23-9-10-25-18(23)22-14-6-7-15(20)16(21)11-14/h1-8,11H,9-10H2/b8-3+,22-18?. The van der Waals surface area contributed by atoms with Crippen LogP contribution in [0, 0.1) is 0 Å². The number of carbonyl (C=O) groups is 1. The summed E-state index contributed by atoms with van der Waals surface area (Å²) in [6, 6.07) is 12.4. The SMILES string of the molecule is O=C(/C=C/c1ccc(Cl)cc1)N1CCSC1=Nc1ccc(Cl)c(Cl)c1. The molecule has 0 spiro atoms. The molecule has 1 fully saturated rings. The van der Waals surface area contributed by atoms with Crippen molar-refractivity contribution in [2.45, 2.75) is 0 Å². The number of benzene rings is 2. The lowest BCUT2D eigenvalue weighted by atomic mass is 10.2. The first-order valence-electron chi connectivity index (χ1n) is 7.44. The van der Waals surface area contributed by atoms with Crippen LogP contribution in [0.25, 0.3) is 6.08 Å². The maximum Gasteiger partial charge on any atom is 0.252 e. The molecular weight excluding hydrogens is 399 g/mol. The zero-order valence-electron chi connectivity index (χ0n) is 13.0.